The van der Waals surface area contributed by atoms with E-state index in [0.29, 0.717) is 16.5 Å². The monoisotopic (exact) mass is 423 g/mol. The first-order chi connectivity index (χ1) is 14.5. The van der Waals surface area contributed by atoms with Crippen molar-refractivity contribution >= 4 is 28.7 Å². The van der Waals surface area contributed by atoms with E-state index < -0.39 is 5.97 Å². The minimum atomic E-state index is -1.00. The van der Waals surface area contributed by atoms with Crippen LogP contribution in [0.3, 0.4) is 0 Å². The van der Waals surface area contributed by atoms with Crippen LogP contribution in [0.4, 0.5) is 4.39 Å². The third kappa shape index (κ3) is 4.21. The molecule has 1 N–H and O–H groups in total. The van der Waals surface area contributed by atoms with E-state index in [1.54, 1.807) is 42.6 Å². The third-order valence-corrected chi connectivity index (χ3v) is 5.35. The number of carboxylic acids is 1. The van der Waals surface area contributed by atoms with Crippen LogP contribution in [0.25, 0.3) is 11.1 Å². The molecule has 30 heavy (non-hydrogen) atoms. The summed E-state index contributed by atoms with van der Waals surface area (Å²) in [5.74, 6) is -0.655. The van der Waals surface area contributed by atoms with Crippen LogP contribution in [0.5, 0.6) is 5.75 Å². The molecule has 0 amide bonds. The fourth-order valence-corrected chi connectivity index (χ4v) is 3.90. The highest BCUT2D eigenvalue weighted by Gasteiger charge is 2.25. The minimum Gasteiger partial charge on any atom is -0.488 e. The summed E-state index contributed by atoms with van der Waals surface area (Å²) in [6.45, 7) is 0.279. The van der Waals surface area contributed by atoms with E-state index in [1.807, 2.05) is 6.07 Å². The first kappa shape index (κ1) is 20.1. The molecule has 0 spiro atoms. The van der Waals surface area contributed by atoms with Crippen molar-refractivity contribution in [3.05, 3.63) is 94.0 Å². The van der Waals surface area contributed by atoms with Crippen molar-refractivity contribution < 1.29 is 19.0 Å². The maximum atomic E-state index is 13.1. The first-order valence-corrected chi connectivity index (χ1v) is 9.98. The van der Waals surface area contributed by atoms with Gasteiger partial charge in [-0.1, -0.05) is 23.7 Å². The maximum absolute atomic E-state index is 13.1. The number of carboxylic acid groups (broad SMARTS) is 1. The van der Waals surface area contributed by atoms with Crippen molar-refractivity contribution in [3.63, 3.8) is 0 Å². The SMILES string of the molecule is O=C(O)c1cccnc1C1=C(c2cc(Cl)ccc2OCc2ccc(F)cc2)CCC1. The third-order valence-electron chi connectivity index (χ3n) is 5.12. The van der Waals surface area contributed by atoms with Crippen LogP contribution in [0.2, 0.25) is 5.02 Å². The fraction of sp³-hybridized carbons (Fsp3) is 0.167. The predicted octanol–water partition coefficient (Wildman–Crippen LogP) is 6.25. The van der Waals surface area contributed by atoms with E-state index in [-0.39, 0.29) is 18.0 Å². The van der Waals surface area contributed by atoms with Crippen molar-refractivity contribution in [1.82, 2.24) is 4.98 Å². The van der Waals surface area contributed by atoms with Gasteiger partial charge in [-0.05, 0) is 78.4 Å². The van der Waals surface area contributed by atoms with Crippen molar-refractivity contribution in [1.29, 1.82) is 0 Å². The summed E-state index contributed by atoms with van der Waals surface area (Å²) in [6.07, 6.45) is 4.01. The quantitative estimate of drug-likeness (QED) is 0.509. The average molecular weight is 424 g/mol. The zero-order valence-electron chi connectivity index (χ0n) is 16.1. The van der Waals surface area contributed by atoms with E-state index in [9.17, 15) is 14.3 Å². The molecule has 6 heteroatoms. The second-order valence-electron chi connectivity index (χ2n) is 7.07. The Morgan fingerprint density at radius 1 is 1.10 bits per heavy atom. The second kappa shape index (κ2) is 8.67. The van der Waals surface area contributed by atoms with Crippen molar-refractivity contribution in [2.75, 3.05) is 0 Å². The van der Waals surface area contributed by atoms with Gasteiger partial charge in [0.25, 0.3) is 0 Å². The summed E-state index contributed by atoms with van der Waals surface area (Å²) in [6, 6.07) is 14.7. The topological polar surface area (TPSA) is 59.4 Å². The lowest BCUT2D eigenvalue weighted by atomic mass is 9.97. The van der Waals surface area contributed by atoms with Crippen molar-refractivity contribution in [2.45, 2.75) is 25.9 Å². The molecule has 1 aromatic heterocycles. The number of halogens is 2. The van der Waals surface area contributed by atoms with Gasteiger partial charge in [0.2, 0.25) is 0 Å². The molecule has 0 fully saturated rings. The molecule has 0 bridgehead atoms. The second-order valence-corrected chi connectivity index (χ2v) is 7.51. The molecular weight excluding hydrogens is 405 g/mol. The Labute approximate surface area is 178 Å². The van der Waals surface area contributed by atoms with E-state index >= 15 is 0 Å². The molecule has 2 aromatic carbocycles. The van der Waals surface area contributed by atoms with Gasteiger partial charge in [-0.3, -0.25) is 4.98 Å². The standard InChI is InChI=1S/C24H19ClFNO3/c25-16-8-11-22(30-14-15-6-9-17(26)10-7-15)21(13-16)18-3-1-4-19(18)23-20(24(28)29)5-2-12-27-23/h2,5-13H,1,3-4,14H2,(H,28,29). The van der Waals surface area contributed by atoms with Crippen LogP contribution in [0.15, 0.2) is 60.8 Å². The Hall–Kier alpha value is -3.18. The van der Waals surface area contributed by atoms with Crippen LogP contribution >= 0.6 is 11.6 Å². The molecule has 0 saturated heterocycles. The average Bonchev–Trinajstić information content (AvgIpc) is 3.23. The highest BCUT2D eigenvalue weighted by atomic mass is 35.5. The fourth-order valence-electron chi connectivity index (χ4n) is 3.73. The summed E-state index contributed by atoms with van der Waals surface area (Å²) in [5, 5.41) is 10.1. The molecule has 1 aliphatic rings. The molecule has 152 valence electrons. The number of rotatable bonds is 6. The predicted molar refractivity (Wildman–Crippen MR) is 114 cm³/mol. The molecule has 4 rings (SSSR count). The van der Waals surface area contributed by atoms with Crippen LogP contribution in [-0.4, -0.2) is 16.1 Å². The van der Waals surface area contributed by atoms with Gasteiger partial charge in [0.1, 0.15) is 18.2 Å². The number of hydrogen-bond donors (Lipinski definition) is 1. The van der Waals surface area contributed by atoms with Crippen LogP contribution < -0.4 is 4.74 Å². The summed E-state index contributed by atoms with van der Waals surface area (Å²) in [5.41, 5.74) is 4.24. The number of benzene rings is 2. The van der Waals surface area contributed by atoms with E-state index in [1.165, 1.54) is 12.1 Å². The van der Waals surface area contributed by atoms with Gasteiger partial charge >= 0.3 is 5.97 Å². The molecule has 0 atom stereocenters. The van der Waals surface area contributed by atoms with Gasteiger partial charge in [-0.25, -0.2) is 9.18 Å². The van der Waals surface area contributed by atoms with Gasteiger partial charge in [0.15, 0.2) is 0 Å². The first-order valence-electron chi connectivity index (χ1n) is 9.61. The number of carbonyl (C=O) groups is 1. The molecular formula is C24H19ClFNO3. The molecule has 0 unspecified atom stereocenters. The lowest BCUT2D eigenvalue weighted by Gasteiger charge is -2.15. The molecule has 0 aliphatic heterocycles. The van der Waals surface area contributed by atoms with Gasteiger partial charge < -0.3 is 9.84 Å². The van der Waals surface area contributed by atoms with Gasteiger partial charge in [-0.15, -0.1) is 0 Å². The number of ether oxygens (including phenoxy) is 1. The lowest BCUT2D eigenvalue weighted by molar-refractivity contribution is 0.0696. The lowest BCUT2D eigenvalue weighted by Crippen LogP contribution is -2.04. The molecule has 0 saturated carbocycles. The van der Waals surface area contributed by atoms with E-state index in [2.05, 4.69) is 4.98 Å². The molecule has 1 aliphatic carbocycles. The van der Waals surface area contributed by atoms with Gasteiger partial charge in [0, 0.05) is 16.8 Å². The van der Waals surface area contributed by atoms with E-state index in [4.69, 9.17) is 16.3 Å². The number of pyridine rings is 1. The summed E-state index contributed by atoms with van der Waals surface area (Å²) in [7, 11) is 0. The molecule has 3 aromatic rings. The number of allylic oxidation sites excluding steroid dienone is 2. The van der Waals surface area contributed by atoms with Crippen molar-refractivity contribution in [3.8, 4) is 5.75 Å². The Morgan fingerprint density at radius 2 is 1.87 bits per heavy atom. The van der Waals surface area contributed by atoms with Crippen LogP contribution in [0, 0.1) is 5.82 Å². The summed E-state index contributed by atoms with van der Waals surface area (Å²) < 4.78 is 19.2. The Balaban J connectivity index is 1.74. The molecule has 1 heterocycles. The zero-order valence-corrected chi connectivity index (χ0v) is 16.8. The normalized spacial score (nSPS) is 13.5. The highest BCUT2D eigenvalue weighted by Crippen LogP contribution is 2.43. The number of hydrogen-bond acceptors (Lipinski definition) is 3. The Bertz CT molecular complexity index is 1130. The number of nitrogens with zero attached hydrogens (tertiary/aromatic N) is 1. The largest absolute Gasteiger partial charge is 0.488 e. The number of aromatic nitrogens is 1. The minimum absolute atomic E-state index is 0.183. The zero-order chi connectivity index (χ0) is 21.1. The smallest absolute Gasteiger partial charge is 0.337 e. The molecule has 4 nitrogen and oxygen atoms in total. The van der Waals surface area contributed by atoms with Gasteiger partial charge in [0.05, 0.1) is 11.3 Å². The number of aromatic carboxylic acids is 1. The van der Waals surface area contributed by atoms with Crippen LogP contribution in [0.1, 0.15) is 46.4 Å². The summed E-state index contributed by atoms with van der Waals surface area (Å²) >= 11 is 6.28. The Morgan fingerprint density at radius 3 is 2.63 bits per heavy atom. The molecule has 0 radical (unpaired) electrons. The van der Waals surface area contributed by atoms with E-state index in [0.717, 1.165) is 41.5 Å². The Kier molecular flexibility index (Phi) is 5.81. The van der Waals surface area contributed by atoms with Gasteiger partial charge in [-0.2, -0.15) is 0 Å². The highest BCUT2D eigenvalue weighted by molar-refractivity contribution is 6.30. The summed E-state index contributed by atoms with van der Waals surface area (Å²) in [4.78, 5) is 16.1. The van der Waals surface area contributed by atoms with Crippen LogP contribution in [-0.2, 0) is 6.61 Å². The van der Waals surface area contributed by atoms with Crippen molar-refractivity contribution in [2.24, 2.45) is 0 Å². The maximum Gasteiger partial charge on any atom is 0.337 e.